The Labute approximate surface area is 71.0 Å². The van der Waals surface area contributed by atoms with Gasteiger partial charge in [-0.05, 0) is 33.6 Å². The summed E-state index contributed by atoms with van der Waals surface area (Å²) < 4.78 is 0. The standard InChI is InChI=1S/C11H20/c1-8(2)10(5)7-11(6)9(3)4/h7-8H,1-6H3. The monoisotopic (exact) mass is 152 g/mol. The number of allylic oxidation sites excluding steroid dienone is 4. The van der Waals surface area contributed by atoms with Crippen molar-refractivity contribution in [3.05, 3.63) is 22.8 Å². The molecule has 0 aliphatic rings. The number of hydrogen-bond acceptors (Lipinski definition) is 0. The Balaban J connectivity index is 4.44. The minimum atomic E-state index is 0.671. The topological polar surface area (TPSA) is 0 Å². The maximum atomic E-state index is 2.28. The van der Waals surface area contributed by atoms with E-state index >= 15 is 0 Å². The Morgan fingerprint density at radius 2 is 1.45 bits per heavy atom. The van der Waals surface area contributed by atoms with Crippen LogP contribution in [0.2, 0.25) is 0 Å². The van der Waals surface area contributed by atoms with Crippen LogP contribution in [-0.4, -0.2) is 0 Å². The second kappa shape index (κ2) is 4.38. The normalized spacial score (nSPS) is 12.1. The summed E-state index contributed by atoms with van der Waals surface area (Å²) in [7, 11) is 0. The molecule has 0 aromatic heterocycles. The van der Waals surface area contributed by atoms with E-state index in [0.29, 0.717) is 5.92 Å². The minimum absolute atomic E-state index is 0.671. The molecule has 0 heterocycles. The molecule has 0 amide bonds. The van der Waals surface area contributed by atoms with Gasteiger partial charge < -0.3 is 0 Å². The average molecular weight is 152 g/mol. The zero-order valence-electron chi connectivity index (χ0n) is 8.65. The van der Waals surface area contributed by atoms with Gasteiger partial charge in [-0.25, -0.2) is 0 Å². The molecular weight excluding hydrogens is 132 g/mol. The first-order valence-corrected chi connectivity index (χ1v) is 4.27. The van der Waals surface area contributed by atoms with Crippen LogP contribution in [0, 0.1) is 5.92 Å². The van der Waals surface area contributed by atoms with Gasteiger partial charge in [0.25, 0.3) is 0 Å². The molecule has 0 atom stereocenters. The zero-order valence-corrected chi connectivity index (χ0v) is 8.65. The molecule has 11 heavy (non-hydrogen) atoms. The Bertz CT molecular complexity index is 176. The summed E-state index contributed by atoms with van der Waals surface area (Å²) in [5.74, 6) is 0.671. The molecule has 0 spiro atoms. The van der Waals surface area contributed by atoms with Crippen molar-refractivity contribution in [2.75, 3.05) is 0 Å². The predicted molar refractivity (Wildman–Crippen MR) is 52.6 cm³/mol. The SMILES string of the molecule is CC(=CC(C)=C(C)C)C(C)C. The van der Waals surface area contributed by atoms with E-state index in [1.165, 1.54) is 16.7 Å². The van der Waals surface area contributed by atoms with E-state index in [1.807, 2.05) is 0 Å². The van der Waals surface area contributed by atoms with Crippen LogP contribution in [-0.2, 0) is 0 Å². The van der Waals surface area contributed by atoms with E-state index in [1.54, 1.807) is 0 Å². The Hall–Kier alpha value is -0.520. The molecule has 0 bridgehead atoms. The van der Waals surface area contributed by atoms with E-state index in [2.05, 4.69) is 47.6 Å². The first kappa shape index (κ1) is 10.5. The minimum Gasteiger partial charge on any atom is -0.0735 e. The van der Waals surface area contributed by atoms with Crippen molar-refractivity contribution < 1.29 is 0 Å². The fourth-order valence-corrected chi connectivity index (χ4v) is 0.653. The highest BCUT2D eigenvalue weighted by Gasteiger charge is 1.95. The van der Waals surface area contributed by atoms with Crippen molar-refractivity contribution in [1.82, 2.24) is 0 Å². The van der Waals surface area contributed by atoms with Crippen LogP contribution < -0.4 is 0 Å². The lowest BCUT2D eigenvalue weighted by atomic mass is 10.0. The second-order valence-corrected chi connectivity index (χ2v) is 3.73. The molecule has 0 aliphatic carbocycles. The van der Waals surface area contributed by atoms with Crippen molar-refractivity contribution in [3.63, 3.8) is 0 Å². The van der Waals surface area contributed by atoms with Crippen LogP contribution in [0.25, 0.3) is 0 Å². The Morgan fingerprint density at radius 3 is 1.73 bits per heavy atom. The summed E-state index contributed by atoms with van der Waals surface area (Å²) in [6.07, 6.45) is 2.28. The Kier molecular flexibility index (Phi) is 4.17. The number of rotatable bonds is 2. The van der Waals surface area contributed by atoms with Gasteiger partial charge in [-0.15, -0.1) is 0 Å². The molecule has 64 valence electrons. The third kappa shape index (κ3) is 4.02. The molecule has 0 unspecified atom stereocenters. The van der Waals surface area contributed by atoms with Crippen LogP contribution in [0.5, 0.6) is 0 Å². The molecule has 0 nitrogen and oxygen atoms in total. The van der Waals surface area contributed by atoms with E-state index in [-0.39, 0.29) is 0 Å². The summed E-state index contributed by atoms with van der Waals surface area (Å²) in [6.45, 7) is 13.1. The van der Waals surface area contributed by atoms with Gasteiger partial charge in [-0.2, -0.15) is 0 Å². The van der Waals surface area contributed by atoms with Crippen molar-refractivity contribution in [2.24, 2.45) is 5.92 Å². The van der Waals surface area contributed by atoms with Crippen LogP contribution in [0.15, 0.2) is 22.8 Å². The van der Waals surface area contributed by atoms with Crippen LogP contribution in [0.1, 0.15) is 41.5 Å². The highest BCUT2D eigenvalue weighted by molar-refractivity contribution is 5.25. The van der Waals surface area contributed by atoms with E-state index < -0.39 is 0 Å². The lowest BCUT2D eigenvalue weighted by Crippen LogP contribution is -1.89. The van der Waals surface area contributed by atoms with Crippen molar-refractivity contribution in [3.8, 4) is 0 Å². The molecule has 0 rings (SSSR count). The summed E-state index contributed by atoms with van der Waals surface area (Å²) in [5, 5.41) is 0. The maximum absolute atomic E-state index is 2.28. The third-order valence-electron chi connectivity index (χ3n) is 2.14. The van der Waals surface area contributed by atoms with Crippen molar-refractivity contribution in [2.45, 2.75) is 41.5 Å². The zero-order chi connectivity index (χ0) is 9.02. The van der Waals surface area contributed by atoms with Crippen LogP contribution in [0.4, 0.5) is 0 Å². The molecule has 0 aromatic carbocycles. The lowest BCUT2D eigenvalue weighted by molar-refractivity contribution is 0.768. The third-order valence-corrected chi connectivity index (χ3v) is 2.14. The summed E-state index contributed by atoms with van der Waals surface area (Å²) in [5.41, 5.74) is 4.27. The quantitative estimate of drug-likeness (QED) is 0.526. The van der Waals surface area contributed by atoms with Gasteiger partial charge in [0.1, 0.15) is 0 Å². The highest BCUT2D eigenvalue weighted by Crippen LogP contribution is 2.13. The van der Waals surface area contributed by atoms with Gasteiger partial charge >= 0.3 is 0 Å². The van der Waals surface area contributed by atoms with Gasteiger partial charge in [0, 0.05) is 0 Å². The first-order chi connectivity index (χ1) is 4.95. The molecular formula is C11H20. The van der Waals surface area contributed by atoms with Gasteiger partial charge in [-0.1, -0.05) is 36.6 Å². The van der Waals surface area contributed by atoms with Gasteiger partial charge in [0.2, 0.25) is 0 Å². The molecule has 0 heteroatoms. The second-order valence-electron chi connectivity index (χ2n) is 3.73. The maximum Gasteiger partial charge on any atom is -0.0260 e. The Morgan fingerprint density at radius 1 is 1.00 bits per heavy atom. The van der Waals surface area contributed by atoms with E-state index in [9.17, 15) is 0 Å². The molecule has 0 saturated heterocycles. The smallest absolute Gasteiger partial charge is 0.0260 e. The fourth-order valence-electron chi connectivity index (χ4n) is 0.653. The van der Waals surface area contributed by atoms with Crippen molar-refractivity contribution >= 4 is 0 Å². The summed E-state index contributed by atoms with van der Waals surface area (Å²) >= 11 is 0. The first-order valence-electron chi connectivity index (χ1n) is 4.27. The van der Waals surface area contributed by atoms with Crippen LogP contribution in [0.3, 0.4) is 0 Å². The molecule has 0 fully saturated rings. The molecule has 0 radical (unpaired) electrons. The fraction of sp³-hybridized carbons (Fsp3) is 0.636. The van der Waals surface area contributed by atoms with Crippen LogP contribution >= 0.6 is 0 Å². The van der Waals surface area contributed by atoms with E-state index in [4.69, 9.17) is 0 Å². The molecule has 0 aromatic rings. The summed E-state index contributed by atoms with van der Waals surface area (Å²) in [4.78, 5) is 0. The molecule has 0 saturated carbocycles. The van der Waals surface area contributed by atoms with Gasteiger partial charge in [0.15, 0.2) is 0 Å². The van der Waals surface area contributed by atoms with Gasteiger partial charge in [-0.3, -0.25) is 0 Å². The van der Waals surface area contributed by atoms with Gasteiger partial charge in [0.05, 0.1) is 0 Å². The van der Waals surface area contributed by atoms with E-state index in [0.717, 1.165) is 0 Å². The van der Waals surface area contributed by atoms with Crippen molar-refractivity contribution in [1.29, 1.82) is 0 Å². The lowest BCUT2D eigenvalue weighted by Gasteiger charge is -2.05. The summed E-state index contributed by atoms with van der Waals surface area (Å²) in [6, 6.07) is 0. The largest absolute Gasteiger partial charge is 0.0735 e. The highest BCUT2D eigenvalue weighted by atomic mass is 14.0. The molecule has 0 N–H and O–H groups in total. The number of hydrogen-bond donors (Lipinski definition) is 0. The predicted octanol–water partition coefficient (Wildman–Crippen LogP) is 3.95. The average Bonchev–Trinajstić information content (AvgIpc) is 1.87. The molecule has 0 aliphatic heterocycles.